The van der Waals surface area contributed by atoms with Crippen molar-refractivity contribution in [2.75, 3.05) is 0 Å². The normalized spacial score (nSPS) is 18.3. The number of carbonyl (C=O) groups excluding carboxylic acids is 1. The zero-order chi connectivity index (χ0) is 15.7. The van der Waals surface area contributed by atoms with E-state index in [2.05, 4.69) is 10.4 Å². The summed E-state index contributed by atoms with van der Waals surface area (Å²) in [5.74, 6) is -2.21. The molecule has 1 N–H and O–H groups in total. The third-order valence-corrected chi connectivity index (χ3v) is 4.05. The number of nitrogens with one attached hydrogen (secondary N) is 1. The van der Waals surface area contributed by atoms with E-state index in [1.807, 2.05) is 24.5 Å². The highest BCUT2D eigenvalue weighted by Crippen LogP contribution is 2.33. The van der Waals surface area contributed by atoms with Gasteiger partial charge in [-0.05, 0) is 25.0 Å². The van der Waals surface area contributed by atoms with Crippen molar-refractivity contribution in [3.63, 3.8) is 0 Å². The fraction of sp³-hybridized carbons (Fsp3) is 0.467. The van der Waals surface area contributed by atoms with Crippen LogP contribution in [0, 0.1) is 0 Å². The van der Waals surface area contributed by atoms with Crippen LogP contribution in [0.15, 0.2) is 30.7 Å². The first-order valence-corrected chi connectivity index (χ1v) is 7.30. The van der Waals surface area contributed by atoms with Crippen LogP contribution >= 0.6 is 0 Å². The highest BCUT2D eigenvalue weighted by molar-refractivity contribution is 5.97. The summed E-state index contributed by atoms with van der Waals surface area (Å²) in [4.78, 5) is 12.4. The van der Waals surface area contributed by atoms with Crippen molar-refractivity contribution in [3.8, 4) is 5.82 Å². The lowest BCUT2D eigenvalue weighted by Crippen LogP contribution is -2.40. The average molecular weight is 308 g/mol. The molecule has 7 heteroatoms. The molecule has 0 radical (unpaired) electrons. The third kappa shape index (κ3) is 2.88. The molecule has 2 aromatic rings. The van der Waals surface area contributed by atoms with Gasteiger partial charge in [0, 0.05) is 38.3 Å². The molecule has 0 bridgehead atoms. The smallest absolute Gasteiger partial charge is 0.256 e. The number of halogens is 2. The Bertz CT molecular complexity index is 653. The van der Waals surface area contributed by atoms with Gasteiger partial charge in [-0.1, -0.05) is 0 Å². The van der Waals surface area contributed by atoms with Gasteiger partial charge in [-0.2, -0.15) is 5.10 Å². The van der Waals surface area contributed by atoms with E-state index in [1.165, 1.54) is 6.20 Å². The molecule has 1 amide bonds. The molecule has 0 unspecified atom stereocenters. The summed E-state index contributed by atoms with van der Waals surface area (Å²) in [5.41, 5.74) is 0.441. The number of carbonyl (C=O) groups is 1. The largest absolute Gasteiger partial charge is 0.349 e. The van der Waals surface area contributed by atoms with Crippen molar-refractivity contribution in [3.05, 3.63) is 36.3 Å². The lowest BCUT2D eigenvalue weighted by Gasteiger charge is -2.28. The van der Waals surface area contributed by atoms with Crippen molar-refractivity contribution in [1.82, 2.24) is 19.7 Å². The van der Waals surface area contributed by atoms with E-state index in [0.717, 1.165) is 0 Å². The lowest BCUT2D eigenvalue weighted by molar-refractivity contribution is -0.0399. The predicted molar refractivity (Wildman–Crippen MR) is 77.2 cm³/mol. The minimum absolute atomic E-state index is 0.171. The van der Waals surface area contributed by atoms with Crippen LogP contribution in [0.4, 0.5) is 8.78 Å². The molecule has 0 aromatic carbocycles. The van der Waals surface area contributed by atoms with Crippen LogP contribution in [-0.2, 0) is 7.05 Å². The zero-order valence-corrected chi connectivity index (χ0v) is 12.3. The molecule has 0 saturated heterocycles. The van der Waals surface area contributed by atoms with Crippen LogP contribution in [0.1, 0.15) is 36.0 Å². The summed E-state index contributed by atoms with van der Waals surface area (Å²) in [7, 11) is 1.76. The Morgan fingerprint density at radius 3 is 2.59 bits per heavy atom. The number of rotatable bonds is 3. The molecule has 0 atom stereocenters. The topological polar surface area (TPSA) is 51.9 Å². The zero-order valence-electron chi connectivity index (χ0n) is 12.3. The van der Waals surface area contributed by atoms with Crippen LogP contribution in [0.5, 0.6) is 0 Å². The van der Waals surface area contributed by atoms with Crippen LogP contribution in [0.3, 0.4) is 0 Å². The molecular weight excluding hydrogens is 290 g/mol. The van der Waals surface area contributed by atoms with E-state index >= 15 is 0 Å². The summed E-state index contributed by atoms with van der Waals surface area (Å²) in [6.07, 6.45) is 5.42. The minimum Gasteiger partial charge on any atom is -0.349 e. The number of alkyl halides is 2. The number of nitrogens with zero attached hydrogens (tertiary/aromatic N) is 3. The maximum atomic E-state index is 13.2. The van der Waals surface area contributed by atoms with E-state index in [-0.39, 0.29) is 24.8 Å². The molecule has 22 heavy (non-hydrogen) atoms. The summed E-state index contributed by atoms with van der Waals surface area (Å²) in [6, 6.07) is 3.51. The number of aromatic nitrogens is 3. The number of hydrogen-bond donors (Lipinski definition) is 1. The Hall–Kier alpha value is -2.18. The Morgan fingerprint density at radius 1 is 1.32 bits per heavy atom. The van der Waals surface area contributed by atoms with E-state index < -0.39 is 5.92 Å². The lowest BCUT2D eigenvalue weighted by atomic mass is 9.92. The van der Waals surface area contributed by atoms with Gasteiger partial charge < -0.3 is 9.88 Å². The second-order valence-electron chi connectivity index (χ2n) is 5.70. The van der Waals surface area contributed by atoms with Crippen LogP contribution in [0.2, 0.25) is 0 Å². The maximum Gasteiger partial charge on any atom is 0.256 e. The Kier molecular flexibility index (Phi) is 3.72. The van der Waals surface area contributed by atoms with Gasteiger partial charge in [-0.3, -0.25) is 9.48 Å². The first-order chi connectivity index (χ1) is 10.5. The summed E-state index contributed by atoms with van der Waals surface area (Å²) < 4.78 is 29.7. The van der Waals surface area contributed by atoms with Crippen LogP contribution < -0.4 is 5.32 Å². The van der Waals surface area contributed by atoms with Gasteiger partial charge in [-0.25, -0.2) is 8.78 Å². The number of hydrogen-bond acceptors (Lipinski definition) is 2. The fourth-order valence-corrected chi connectivity index (χ4v) is 2.82. The van der Waals surface area contributed by atoms with Gasteiger partial charge in [0.1, 0.15) is 11.4 Å². The molecule has 2 heterocycles. The quantitative estimate of drug-likeness (QED) is 0.947. The predicted octanol–water partition coefficient (Wildman–Crippen LogP) is 2.52. The maximum absolute atomic E-state index is 13.2. The van der Waals surface area contributed by atoms with E-state index in [4.69, 9.17) is 0 Å². The first kappa shape index (κ1) is 14.7. The number of amides is 1. The van der Waals surface area contributed by atoms with Gasteiger partial charge in [0.25, 0.3) is 5.91 Å². The number of aryl methyl sites for hydroxylation is 1. The summed E-state index contributed by atoms with van der Waals surface area (Å²) >= 11 is 0. The molecule has 5 nitrogen and oxygen atoms in total. The van der Waals surface area contributed by atoms with Gasteiger partial charge in [0.05, 0.1) is 6.20 Å². The molecular formula is C15H18F2N4O. The van der Waals surface area contributed by atoms with Crippen LogP contribution in [-0.4, -0.2) is 32.2 Å². The second kappa shape index (κ2) is 5.55. The van der Waals surface area contributed by atoms with Crippen molar-refractivity contribution in [1.29, 1.82) is 0 Å². The van der Waals surface area contributed by atoms with Crippen molar-refractivity contribution >= 4 is 5.91 Å². The van der Waals surface area contributed by atoms with Gasteiger partial charge in [0.2, 0.25) is 5.92 Å². The summed E-state index contributed by atoms with van der Waals surface area (Å²) in [5, 5.41) is 6.97. The standard InChI is InChI=1S/C15H18F2N4O/c1-20-14(21-8-2-3-9-21)12(10-18-20)13(22)19-11-4-6-15(16,17)7-5-11/h2-3,8-11H,4-7H2,1H3,(H,19,22). The van der Waals surface area contributed by atoms with Crippen molar-refractivity contribution < 1.29 is 13.6 Å². The second-order valence-corrected chi connectivity index (χ2v) is 5.70. The Morgan fingerprint density at radius 2 is 1.95 bits per heavy atom. The highest BCUT2D eigenvalue weighted by Gasteiger charge is 2.35. The highest BCUT2D eigenvalue weighted by atomic mass is 19.3. The average Bonchev–Trinajstić information content (AvgIpc) is 3.10. The first-order valence-electron chi connectivity index (χ1n) is 7.30. The summed E-state index contributed by atoms with van der Waals surface area (Å²) in [6.45, 7) is 0. The van der Waals surface area contributed by atoms with Gasteiger partial charge >= 0.3 is 0 Å². The van der Waals surface area contributed by atoms with Crippen LogP contribution in [0.25, 0.3) is 5.82 Å². The van der Waals surface area contributed by atoms with Crippen molar-refractivity contribution in [2.45, 2.75) is 37.6 Å². The molecule has 0 aliphatic heterocycles. The van der Waals surface area contributed by atoms with Gasteiger partial charge in [0.15, 0.2) is 0 Å². The minimum atomic E-state index is -2.59. The molecule has 1 fully saturated rings. The fourth-order valence-electron chi connectivity index (χ4n) is 2.82. The SMILES string of the molecule is Cn1ncc(C(=O)NC2CCC(F)(F)CC2)c1-n1cccc1. The molecule has 2 aromatic heterocycles. The van der Waals surface area contributed by atoms with E-state index in [0.29, 0.717) is 24.2 Å². The molecule has 1 aliphatic carbocycles. The van der Waals surface area contributed by atoms with E-state index in [1.54, 1.807) is 16.3 Å². The molecule has 3 rings (SSSR count). The van der Waals surface area contributed by atoms with Crippen molar-refractivity contribution in [2.24, 2.45) is 7.05 Å². The molecule has 118 valence electrons. The molecule has 1 saturated carbocycles. The third-order valence-electron chi connectivity index (χ3n) is 4.05. The molecule has 1 aliphatic rings. The molecule has 0 spiro atoms. The Balaban J connectivity index is 1.74. The Labute approximate surface area is 126 Å². The van der Waals surface area contributed by atoms with E-state index in [9.17, 15) is 13.6 Å². The monoisotopic (exact) mass is 308 g/mol. The van der Waals surface area contributed by atoms with Gasteiger partial charge in [-0.15, -0.1) is 0 Å².